The van der Waals surface area contributed by atoms with Crippen molar-refractivity contribution >= 4 is 39.6 Å². The van der Waals surface area contributed by atoms with Crippen molar-refractivity contribution in [3.8, 4) is 11.4 Å². The Hall–Kier alpha value is -3.26. The van der Waals surface area contributed by atoms with E-state index in [0.717, 1.165) is 42.3 Å². The second-order valence-corrected chi connectivity index (χ2v) is 9.49. The van der Waals surface area contributed by atoms with Gasteiger partial charge < -0.3 is 15.0 Å². The summed E-state index contributed by atoms with van der Waals surface area (Å²) >= 11 is 1.29. The maximum absolute atomic E-state index is 13.6. The van der Waals surface area contributed by atoms with E-state index < -0.39 is 0 Å². The molecule has 0 aliphatic heterocycles. The number of carbonyl (C=O) groups is 1. The van der Waals surface area contributed by atoms with Crippen molar-refractivity contribution in [2.45, 2.75) is 50.2 Å². The third kappa shape index (κ3) is 4.55. The summed E-state index contributed by atoms with van der Waals surface area (Å²) in [6.07, 6.45) is 5.63. The number of hydrogen-bond acceptors (Lipinski definition) is 5. The molecule has 0 saturated heterocycles. The fourth-order valence-electron chi connectivity index (χ4n) is 4.57. The molecule has 7 nitrogen and oxygen atoms in total. The van der Waals surface area contributed by atoms with E-state index in [4.69, 9.17) is 9.72 Å². The fraction of sp³-hybridized carbons (Fsp3) is 0.346. The van der Waals surface area contributed by atoms with E-state index >= 15 is 0 Å². The van der Waals surface area contributed by atoms with E-state index in [1.807, 2.05) is 55.5 Å². The van der Waals surface area contributed by atoms with Gasteiger partial charge in [-0.05, 0) is 50.1 Å². The maximum atomic E-state index is 13.6. The van der Waals surface area contributed by atoms with Crippen LogP contribution in [0.5, 0.6) is 5.75 Å². The zero-order valence-corrected chi connectivity index (χ0v) is 20.0. The number of amides is 1. The standard InChI is InChI=1S/C26H28N4O3S/c1-2-33-19-14-12-18(13-15-19)30-25(32)24-23(20-10-6-7-11-21(20)28-24)29-26(30)34-16-22(31)27-17-8-4-3-5-9-17/h6-7,10-15,17,28H,2-5,8-9,16H2,1H3,(H,27,31). The van der Waals surface area contributed by atoms with Crippen LogP contribution in [0.1, 0.15) is 39.0 Å². The number of carbonyl (C=O) groups excluding carboxylic acids is 1. The first-order valence-electron chi connectivity index (χ1n) is 11.8. The first-order chi connectivity index (χ1) is 16.6. The average molecular weight is 477 g/mol. The Balaban J connectivity index is 1.52. The highest BCUT2D eigenvalue weighted by Gasteiger charge is 2.20. The van der Waals surface area contributed by atoms with Crippen LogP contribution in [0.4, 0.5) is 0 Å². The van der Waals surface area contributed by atoms with Gasteiger partial charge in [0, 0.05) is 16.9 Å². The number of nitrogens with zero attached hydrogens (tertiary/aromatic N) is 2. The predicted molar refractivity (Wildman–Crippen MR) is 136 cm³/mol. The molecule has 0 spiro atoms. The number of nitrogens with one attached hydrogen (secondary N) is 2. The number of hydrogen-bond donors (Lipinski definition) is 2. The second-order valence-electron chi connectivity index (χ2n) is 8.55. The Morgan fingerprint density at radius 3 is 2.68 bits per heavy atom. The molecule has 176 valence electrons. The Labute approximate surface area is 201 Å². The van der Waals surface area contributed by atoms with Crippen molar-refractivity contribution in [3.63, 3.8) is 0 Å². The summed E-state index contributed by atoms with van der Waals surface area (Å²) in [5.41, 5.74) is 2.42. The van der Waals surface area contributed by atoms with Gasteiger partial charge in [0.2, 0.25) is 5.91 Å². The number of benzene rings is 2. The van der Waals surface area contributed by atoms with Crippen LogP contribution in [0, 0.1) is 0 Å². The summed E-state index contributed by atoms with van der Waals surface area (Å²) in [6, 6.07) is 15.3. The molecular weight excluding hydrogens is 448 g/mol. The summed E-state index contributed by atoms with van der Waals surface area (Å²) in [4.78, 5) is 34.4. The molecule has 1 aliphatic rings. The van der Waals surface area contributed by atoms with Crippen LogP contribution in [-0.2, 0) is 4.79 Å². The van der Waals surface area contributed by atoms with Crippen molar-refractivity contribution in [2.24, 2.45) is 0 Å². The van der Waals surface area contributed by atoms with Crippen LogP contribution in [0.2, 0.25) is 0 Å². The minimum absolute atomic E-state index is 0.0246. The van der Waals surface area contributed by atoms with Crippen LogP contribution in [0.25, 0.3) is 27.6 Å². The fourth-order valence-corrected chi connectivity index (χ4v) is 5.39. The highest BCUT2D eigenvalue weighted by molar-refractivity contribution is 7.99. The number of rotatable bonds is 7. The largest absolute Gasteiger partial charge is 0.494 e. The minimum Gasteiger partial charge on any atom is -0.494 e. The normalized spacial score (nSPS) is 14.5. The first-order valence-corrected chi connectivity index (χ1v) is 12.8. The van der Waals surface area contributed by atoms with Crippen molar-refractivity contribution < 1.29 is 9.53 Å². The van der Waals surface area contributed by atoms with E-state index in [-0.39, 0.29) is 23.3 Å². The number of para-hydroxylation sites is 1. The zero-order chi connectivity index (χ0) is 23.5. The van der Waals surface area contributed by atoms with Gasteiger partial charge in [-0.25, -0.2) is 4.98 Å². The lowest BCUT2D eigenvalue weighted by Crippen LogP contribution is -2.37. The molecule has 5 rings (SSSR count). The molecule has 1 saturated carbocycles. The number of ether oxygens (including phenoxy) is 1. The molecule has 2 heterocycles. The van der Waals surface area contributed by atoms with E-state index in [9.17, 15) is 9.59 Å². The zero-order valence-electron chi connectivity index (χ0n) is 19.2. The van der Waals surface area contributed by atoms with Gasteiger partial charge in [-0.2, -0.15) is 0 Å². The maximum Gasteiger partial charge on any atom is 0.283 e. The molecule has 34 heavy (non-hydrogen) atoms. The quantitative estimate of drug-likeness (QED) is 0.295. The molecule has 2 N–H and O–H groups in total. The van der Waals surface area contributed by atoms with E-state index in [0.29, 0.717) is 28.5 Å². The number of aromatic nitrogens is 3. The Morgan fingerprint density at radius 1 is 1.15 bits per heavy atom. The van der Waals surface area contributed by atoms with Crippen molar-refractivity contribution in [2.75, 3.05) is 12.4 Å². The smallest absolute Gasteiger partial charge is 0.283 e. The van der Waals surface area contributed by atoms with Crippen LogP contribution in [0.15, 0.2) is 58.5 Å². The van der Waals surface area contributed by atoms with Crippen LogP contribution in [-0.4, -0.2) is 38.8 Å². The summed E-state index contributed by atoms with van der Waals surface area (Å²) in [7, 11) is 0. The van der Waals surface area contributed by atoms with E-state index in [1.165, 1.54) is 18.2 Å². The number of aromatic amines is 1. The Kier molecular flexibility index (Phi) is 6.58. The molecule has 2 aromatic heterocycles. The predicted octanol–water partition coefficient (Wildman–Crippen LogP) is 4.81. The van der Waals surface area contributed by atoms with Gasteiger partial charge in [-0.1, -0.05) is 49.2 Å². The third-order valence-corrected chi connectivity index (χ3v) is 7.14. The van der Waals surface area contributed by atoms with Crippen molar-refractivity contribution in [1.29, 1.82) is 0 Å². The second kappa shape index (κ2) is 9.93. The third-order valence-electron chi connectivity index (χ3n) is 6.20. The molecule has 8 heteroatoms. The van der Waals surface area contributed by atoms with Gasteiger partial charge in [0.1, 0.15) is 16.8 Å². The molecule has 1 aliphatic carbocycles. The topological polar surface area (TPSA) is 89.0 Å². The van der Waals surface area contributed by atoms with Gasteiger partial charge in [0.05, 0.1) is 18.0 Å². The molecular formula is C26H28N4O3S. The van der Waals surface area contributed by atoms with Crippen molar-refractivity contribution in [1.82, 2.24) is 19.9 Å². The average Bonchev–Trinajstić information content (AvgIpc) is 3.23. The van der Waals surface area contributed by atoms with Gasteiger partial charge in [0.15, 0.2) is 5.16 Å². The highest BCUT2D eigenvalue weighted by Crippen LogP contribution is 2.27. The Bertz CT molecular complexity index is 1370. The lowest BCUT2D eigenvalue weighted by atomic mass is 9.95. The molecule has 0 bridgehead atoms. The summed E-state index contributed by atoms with van der Waals surface area (Å²) in [6.45, 7) is 2.50. The molecule has 1 fully saturated rings. The lowest BCUT2D eigenvalue weighted by molar-refractivity contribution is -0.119. The van der Waals surface area contributed by atoms with E-state index in [2.05, 4.69) is 10.3 Å². The summed E-state index contributed by atoms with van der Waals surface area (Å²) < 4.78 is 7.13. The first kappa shape index (κ1) is 22.5. The monoisotopic (exact) mass is 476 g/mol. The SMILES string of the molecule is CCOc1ccc(-n2c(SCC(=O)NC3CCCCC3)nc3c([nH]c4ccccc43)c2=O)cc1. The molecule has 1 amide bonds. The van der Waals surface area contributed by atoms with Gasteiger partial charge in [-0.15, -0.1) is 0 Å². The van der Waals surface area contributed by atoms with Gasteiger partial charge in [0.25, 0.3) is 5.56 Å². The molecule has 4 aromatic rings. The molecule has 0 atom stereocenters. The number of H-pyrrole nitrogens is 1. The minimum atomic E-state index is -0.194. The van der Waals surface area contributed by atoms with Gasteiger partial charge in [-0.3, -0.25) is 14.2 Å². The number of fused-ring (bicyclic) bond motifs is 3. The van der Waals surface area contributed by atoms with E-state index in [1.54, 1.807) is 4.57 Å². The lowest BCUT2D eigenvalue weighted by Gasteiger charge is -2.22. The molecule has 0 unspecified atom stereocenters. The van der Waals surface area contributed by atoms with Crippen LogP contribution < -0.4 is 15.6 Å². The highest BCUT2D eigenvalue weighted by atomic mass is 32.2. The molecule has 0 radical (unpaired) electrons. The van der Waals surface area contributed by atoms with Gasteiger partial charge >= 0.3 is 0 Å². The van der Waals surface area contributed by atoms with Crippen molar-refractivity contribution in [3.05, 3.63) is 58.9 Å². The van der Waals surface area contributed by atoms with Crippen LogP contribution >= 0.6 is 11.8 Å². The summed E-state index contributed by atoms with van der Waals surface area (Å²) in [5.74, 6) is 0.914. The van der Waals surface area contributed by atoms with Crippen LogP contribution in [0.3, 0.4) is 0 Å². The number of thioether (sulfide) groups is 1. The summed E-state index contributed by atoms with van der Waals surface area (Å²) in [5, 5.41) is 4.53. The molecule has 2 aromatic carbocycles. The Morgan fingerprint density at radius 2 is 1.91 bits per heavy atom.